The van der Waals surface area contributed by atoms with Gasteiger partial charge in [0.2, 0.25) is 0 Å². The maximum absolute atomic E-state index is 12.7. The second-order valence-electron chi connectivity index (χ2n) is 6.84. The normalized spacial score (nSPS) is 23.5. The Bertz CT molecular complexity index is 510. The summed E-state index contributed by atoms with van der Waals surface area (Å²) in [5, 5.41) is 4.36. The minimum Gasteiger partial charge on any atom is -0.368 e. The summed E-state index contributed by atoms with van der Waals surface area (Å²) in [6.45, 7) is 6.31. The second-order valence-corrected chi connectivity index (χ2v) is 6.84. The lowest BCUT2D eigenvalue weighted by Gasteiger charge is -2.37. The summed E-state index contributed by atoms with van der Waals surface area (Å²) < 4.78 is 7.73. The van der Waals surface area contributed by atoms with Gasteiger partial charge < -0.3 is 9.64 Å². The third-order valence-electron chi connectivity index (χ3n) is 4.70. The number of carbonyl (C=O) groups is 1. The van der Waals surface area contributed by atoms with E-state index in [1.807, 2.05) is 35.8 Å². The SMILES string of the molecule is Cc1cnn(C[C@H]2CCCCN2C(=O)[C@@H](C)OCC2CC2)c1. The molecule has 2 heterocycles. The number of ether oxygens (including phenoxy) is 1. The van der Waals surface area contributed by atoms with Gasteiger partial charge in [-0.1, -0.05) is 0 Å². The quantitative estimate of drug-likeness (QED) is 0.811. The zero-order valence-electron chi connectivity index (χ0n) is 13.7. The van der Waals surface area contributed by atoms with Gasteiger partial charge in [0.1, 0.15) is 6.10 Å². The zero-order valence-corrected chi connectivity index (χ0v) is 13.7. The maximum atomic E-state index is 12.7. The number of aromatic nitrogens is 2. The number of carbonyl (C=O) groups excluding carboxylic acids is 1. The molecular weight excluding hydrogens is 278 g/mol. The van der Waals surface area contributed by atoms with Gasteiger partial charge in [0, 0.05) is 12.7 Å². The molecule has 3 rings (SSSR count). The number of likely N-dealkylation sites (tertiary alicyclic amines) is 1. The molecule has 1 saturated carbocycles. The predicted molar refractivity (Wildman–Crippen MR) is 84.5 cm³/mol. The van der Waals surface area contributed by atoms with E-state index in [1.165, 1.54) is 19.3 Å². The van der Waals surface area contributed by atoms with Gasteiger partial charge in [0.15, 0.2) is 0 Å². The van der Waals surface area contributed by atoms with E-state index in [9.17, 15) is 4.79 Å². The van der Waals surface area contributed by atoms with Gasteiger partial charge in [0.25, 0.3) is 5.91 Å². The summed E-state index contributed by atoms with van der Waals surface area (Å²) in [5.41, 5.74) is 1.16. The molecular formula is C17H27N3O2. The van der Waals surface area contributed by atoms with Crippen molar-refractivity contribution >= 4 is 5.91 Å². The predicted octanol–water partition coefficient (Wildman–Crippen LogP) is 2.39. The molecule has 0 bridgehead atoms. The van der Waals surface area contributed by atoms with Gasteiger partial charge >= 0.3 is 0 Å². The van der Waals surface area contributed by atoms with Crippen LogP contribution in [0, 0.1) is 12.8 Å². The third-order valence-corrected chi connectivity index (χ3v) is 4.70. The largest absolute Gasteiger partial charge is 0.368 e. The van der Waals surface area contributed by atoms with Gasteiger partial charge in [-0.2, -0.15) is 5.10 Å². The molecule has 5 heteroatoms. The molecule has 0 spiro atoms. The highest BCUT2D eigenvalue weighted by Crippen LogP contribution is 2.29. The fourth-order valence-corrected chi connectivity index (χ4v) is 3.13. The summed E-state index contributed by atoms with van der Waals surface area (Å²) in [7, 11) is 0. The first-order valence-corrected chi connectivity index (χ1v) is 8.54. The zero-order chi connectivity index (χ0) is 15.5. The molecule has 1 aliphatic heterocycles. The number of aryl methyl sites for hydroxylation is 1. The van der Waals surface area contributed by atoms with Crippen LogP contribution >= 0.6 is 0 Å². The number of rotatable bonds is 6. The number of hydrogen-bond acceptors (Lipinski definition) is 3. The maximum Gasteiger partial charge on any atom is 0.251 e. The summed E-state index contributed by atoms with van der Waals surface area (Å²) >= 11 is 0. The van der Waals surface area contributed by atoms with Crippen LogP contribution < -0.4 is 0 Å². The molecule has 5 nitrogen and oxygen atoms in total. The molecule has 1 saturated heterocycles. The monoisotopic (exact) mass is 305 g/mol. The van der Waals surface area contributed by atoms with Crippen molar-refractivity contribution in [2.45, 2.75) is 64.6 Å². The molecule has 0 N–H and O–H groups in total. The van der Waals surface area contributed by atoms with Gasteiger partial charge in [-0.15, -0.1) is 0 Å². The van der Waals surface area contributed by atoms with Gasteiger partial charge in [0.05, 0.1) is 25.4 Å². The van der Waals surface area contributed by atoms with E-state index in [2.05, 4.69) is 5.10 Å². The molecule has 0 aromatic carbocycles. The fraction of sp³-hybridized carbons (Fsp3) is 0.765. The molecule has 1 aromatic heterocycles. The summed E-state index contributed by atoms with van der Waals surface area (Å²) in [6, 6.07) is 0.243. The van der Waals surface area contributed by atoms with Crippen molar-refractivity contribution in [1.29, 1.82) is 0 Å². The molecule has 122 valence electrons. The van der Waals surface area contributed by atoms with E-state index in [0.717, 1.165) is 38.1 Å². The van der Waals surface area contributed by atoms with Gasteiger partial charge in [-0.3, -0.25) is 9.48 Å². The number of nitrogens with zero attached hydrogens (tertiary/aromatic N) is 3. The van der Waals surface area contributed by atoms with Gasteiger partial charge in [-0.05, 0) is 57.4 Å². The van der Waals surface area contributed by atoms with Crippen molar-refractivity contribution in [3.63, 3.8) is 0 Å². The highest BCUT2D eigenvalue weighted by Gasteiger charge is 2.31. The van der Waals surface area contributed by atoms with Crippen LogP contribution in [0.1, 0.15) is 44.6 Å². The Balaban J connectivity index is 1.59. The summed E-state index contributed by atoms with van der Waals surface area (Å²) in [5.74, 6) is 0.841. The minimum absolute atomic E-state index is 0.147. The van der Waals surface area contributed by atoms with Crippen molar-refractivity contribution < 1.29 is 9.53 Å². The van der Waals surface area contributed by atoms with Crippen molar-refractivity contribution in [2.75, 3.05) is 13.2 Å². The van der Waals surface area contributed by atoms with Crippen LogP contribution in [0.4, 0.5) is 0 Å². The third kappa shape index (κ3) is 3.88. The lowest BCUT2D eigenvalue weighted by atomic mass is 10.0. The van der Waals surface area contributed by atoms with Crippen LogP contribution in [-0.4, -0.2) is 45.9 Å². The average Bonchev–Trinajstić information content (AvgIpc) is 3.27. The van der Waals surface area contributed by atoms with Crippen molar-refractivity contribution in [2.24, 2.45) is 5.92 Å². The number of hydrogen-bond donors (Lipinski definition) is 0. The number of piperidine rings is 1. The lowest BCUT2D eigenvalue weighted by Crippen LogP contribution is -2.49. The lowest BCUT2D eigenvalue weighted by molar-refractivity contribution is -0.147. The molecule has 1 aliphatic carbocycles. The Morgan fingerprint density at radius 2 is 2.23 bits per heavy atom. The van der Waals surface area contributed by atoms with Gasteiger partial charge in [-0.25, -0.2) is 0 Å². The molecule has 0 radical (unpaired) electrons. The topological polar surface area (TPSA) is 47.4 Å². The smallest absolute Gasteiger partial charge is 0.251 e. The Hall–Kier alpha value is -1.36. The van der Waals surface area contributed by atoms with Crippen LogP contribution in [0.5, 0.6) is 0 Å². The Labute approximate surface area is 132 Å². The standard InChI is InChI=1S/C17H27N3O2/c1-13-9-18-19(10-13)11-16-5-3-4-8-20(16)17(21)14(2)22-12-15-6-7-15/h9-10,14-16H,3-8,11-12H2,1-2H3/t14-,16-/m1/s1. The van der Waals surface area contributed by atoms with E-state index in [-0.39, 0.29) is 18.1 Å². The summed E-state index contributed by atoms with van der Waals surface area (Å²) in [6.07, 6.45) is 9.45. The van der Waals surface area contributed by atoms with Crippen LogP contribution in [0.2, 0.25) is 0 Å². The molecule has 1 amide bonds. The first kappa shape index (κ1) is 15.5. The minimum atomic E-state index is -0.319. The van der Waals surface area contributed by atoms with Crippen molar-refractivity contribution in [1.82, 2.24) is 14.7 Å². The van der Waals surface area contributed by atoms with E-state index >= 15 is 0 Å². The van der Waals surface area contributed by atoms with E-state index < -0.39 is 0 Å². The van der Waals surface area contributed by atoms with E-state index in [4.69, 9.17) is 4.74 Å². The van der Waals surface area contributed by atoms with E-state index in [0.29, 0.717) is 5.92 Å². The van der Waals surface area contributed by atoms with Crippen LogP contribution in [-0.2, 0) is 16.1 Å². The summed E-state index contributed by atoms with van der Waals surface area (Å²) in [4.78, 5) is 14.7. The first-order chi connectivity index (χ1) is 10.6. The molecule has 1 aromatic rings. The van der Waals surface area contributed by atoms with Crippen LogP contribution in [0.3, 0.4) is 0 Å². The Morgan fingerprint density at radius 3 is 2.91 bits per heavy atom. The molecule has 0 unspecified atom stereocenters. The molecule has 2 fully saturated rings. The highest BCUT2D eigenvalue weighted by molar-refractivity contribution is 5.81. The number of amides is 1. The van der Waals surface area contributed by atoms with Crippen molar-refractivity contribution in [3.8, 4) is 0 Å². The Kier molecular flexibility index (Phi) is 4.81. The average molecular weight is 305 g/mol. The van der Waals surface area contributed by atoms with Crippen LogP contribution in [0.25, 0.3) is 0 Å². The Morgan fingerprint density at radius 1 is 1.41 bits per heavy atom. The van der Waals surface area contributed by atoms with Crippen molar-refractivity contribution in [3.05, 3.63) is 18.0 Å². The molecule has 22 heavy (non-hydrogen) atoms. The van der Waals surface area contributed by atoms with Crippen LogP contribution in [0.15, 0.2) is 12.4 Å². The first-order valence-electron chi connectivity index (χ1n) is 8.54. The second kappa shape index (κ2) is 6.82. The molecule has 2 atom stereocenters. The highest BCUT2D eigenvalue weighted by atomic mass is 16.5. The molecule has 2 aliphatic rings. The fourth-order valence-electron chi connectivity index (χ4n) is 3.13. The van der Waals surface area contributed by atoms with E-state index in [1.54, 1.807) is 0 Å².